The van der Waals surface area contributed by atoms with Crippen molar-refractivity contribution in [3.63, 3.8) is 0 Å². The van der Waals surface area contributed by atoms with Crippen molar-refractivity contribution in [2.75, 3.05) is 5.32 Å². The second-order valence-electron chi connectivity index (χ2n) is 7.08. The lowest BCUT2D eigenvalue weighted by atomic mass is 9.89. The van der Waals surface area contributed by atoms with Gasteiger partial charge in [0.1, 0.15) is 11.5 Å². The van der Waals surface area contributed by atoms with Gasteiger partial charge in [0.25, 0.3) is 0 Å². The molecule has 30 heavy (non-hydrogen) atoms. The Kier molecular flexibility index (Phi) is 5.03. The van der Waals surface area contributed by atoms with Gasteiger partial charge in [-0.2, -0.15) is 13.2 Å². The first kappa shape index (κ1) is 20.0. The van der Waals surface area contributed by atoms with Crippen molar-refractivity contribution in [2.45, 2.75) is 24.7 Å². The molecule has 1 aliphatic rings. The van der Waals surface area contributed by atoms with Crippen LogP contribution in [0.1, 0.15) is 23.1 Å². The van der Waals surface area contributed by atoms with E-state index >= 15 is 0 Å². The Morgan fingerprint density at radius 2 is 1.83 bits per heavy atom. The van der Waals surface area contributed by atoms with Crippen molar-refractivity contribution < 1.29 is 17.6 Å². The van der Waals surface area contributed by atoms with Crippen molar-refractivity contribution in [2.24, 2.45) is 10.7 Å². The highest BCUT2D eigenvalue weighted by Gasteiger charge is 2.35. The highest BCUT2D eigenvalue weighted by molar-refractivity contribution is 5.84. The summed E-state index contributed by atoms with van der Waals surface area (Å²) in [5, 5.41) is 2.94. The van der Waals surface area contributed by atoms with Crippen LogP contribution in [0.5, 0.6) is 0 Å². The molecule has 1 atom stereocenters. The maximum atomic E-state index is 13.9. The zero-order chi connectivity index (χ0) is 21.4. The van der Waals surface area contributed by atoms with Crippen molar-refractivity contribution >= 4 is 12.0 Å². The number of alkyl halides is 3. The lowest BCUT2D eigenvalue weighted by molar-refractivity contribution is -0.137. The lowest BCUT2D eigenvalue weighted by Crippen LogP contribution is -2.38. The summed E-state index contributed by atoms with van der Waals surface area (Å²) < 4.78 is 54.0. The topological polar surface area (TPSA) is 63.3 Å². The van der Waals surface area contributed by atoms with Gasteiger partial charge < -0.3 is 11.1 Å². The van der Waals surface area contributed by atoms with Crippen LogP contribution in [0.4, 0.5) is 23.2 Å². The van der Waals surface area contributed by atoms with Crippen LogP contribution in [-0.2, 0) is 18.3 Å². The van der Waals surface area contributed by atoms with Crippen molar-refractivity contribution in [3.05, 3.63) is 83.3 Å². The fourth-order valence-electron chi connectivity index (χ4n) is 3.56. The third-order valence-corrected chi connectivity index (χ3v) is 5.12. The molecule has 0 aliphatic carbocycles. The molecule has 0 saturated carbocycles. The van der Waals surface area contributed by atoms with Crippen molar-refractivity contribution in [3.8, 4) is 11.3 Å². The fraction of sp³-hybridized carbons (Fsp3) is 0.182. The summed E-state index contributed by atoms with van der Waals surface area (Å²) in [5.41, 5.74) is 6.39. The van der Waals surface area contributed by atoms with Gasteiger partial charge in [0.05, 0.1) is 17.6 Å². The maximum absolute atomic E-state index is 13.9. The number of hydrogen-bond donors (Lipinski definition) is 2. The molecule has 0 amide bonds. The first-order valence-corrected chi connectivity index (χ1v) is 9.27. The van der Waals surface area contributed by atoms with Gasteiger partial charge >= 0.3 is 6.18 Å². The smallest absolute Gasteiger partial charge is 0.346 e. The van der Waals surface area contributed by atoms with Crippen molar-refractivity contribution in [1.29, 1.82) is 0 Å². The van der Waals surface area contributed by atoms with Crippen LogP contribution in [0.2, 0.25) is 0 Å². The number of nitrogens with one attached hydrogen (secondary N) is 1. The van der Waals surface area contributed by atoms with Gasteiger partial charge in [0.2, 0.25) is 0 Å². The summed E-state index contributed by atoms with van der Waals surface area (Å²) in [7, 11) is 0. The number of rotatable bonds is 4. The molecule has 3 N–H and O–H groups in total. The standard InChI is InChI=1S/C22H18F4N4/c23-18-6-2-1-4-14(18)9-10-21(27)16-8-7-15(12-19(16)29-13-30-21)20-17(22(24,25)26)5-3-11-28-20/h1-8,11-13H,9-10,27H2,(H,29,30). The molecule has 2 aromatic carbocycles. The van der Waals surface area contributed by atoms with Gasteiger partial charge in [-0.25, -0.2) is 9.38 Å². The minimum atomic E-state index is -4.52. The summed E-state index contributed by atoms with van der Waals surface area (Å²) >= 11 is 0. The molecule has 4 rings (SSSR count). The van der Waals surface area contributed by atoms with Crippen LogP contribution in [0, 0.1) is 5.82 Å². The average Bonchev–Trinajstić information content (AvgIpc) is 2.72. The predicted molar refractivity (Wildman–Crippen MR) is 107 cm³/mol. The molecule has 1 aromatic heterocycles. The van der Waals surface area contributed by atoms with E-state index in [1.165, 1.54) is 24.7 Å². The van der Waals surface area contributed by atoms with Crippen LogP contribution in [0.3, 0.4) is 0 Å². The van der Waals surface area contributed by atoms with Crippen LogP contribution in [-0.4, -0.2) is 11.3 Å². The lowest BCUT2D eigenvalue weighted by Gasteiger charge is -2.31. The van der Waals surface area contributed by atoms with Crippen LogP contribution in [0.25, 0.3) is 11.3 Å². The SMILES string of the molecule is NC1(CCc2ccccc2F)N=CNc2cc(-c3ncccc3C(F)(F)F)ccc21. The second kappa shape index (κ2) is 7.53. The third-order valence-electron chi connectivity index (χ3n) is 5.12. The Morgan fingerprint density at radius 3 is 2.60 bits per heavy atom. The molecule has 1 aliphatic heterocycles. The van der Waals surface area contributed by atoms with Crippen LogP contribution >= 0.6 is 0 Å². The molecule has 3 aromatic rings. The van der Waals surface area contributed by atoms with Crippen LogP contribution in [0.15, 0.2) is 65.8 Å². The predicted octanol–water partition coefficient (Wildman–Crippen LogP) is 5.10. The quantitative estimate of drug-likeness (QED) is 0.584. The van der Waals surface area contributed by atoms with Gasteiger partial charge in [-0.1, -0.05) is 30.3 Å². The Balaban J connectivity index is 1.67. The number of nitrogens with zero attached hydrogens (tertiary/aromatic N) is 2. The van der Waals surface area contributed by atoms with Gasteiger partial charge in [0.15, 0.2) is 0 Å². The maximum Gasteiger partial charge on any atom is 0.418 e. The monoisotopic (exact) mass is 414 g/mol. The molecule has 2 heterocycles. The number of benzene rings is 2. The average molecular weight is 414 g/mol. The Bertz CT molecular complexity index is 1110. The summed E-state index contributed by atoms with van der Waals surface area (Å²) in [4.78, 5) is 8.26. The molecule has 8 heteroatoms. The number of nitrogens with two attached hydrogens (primary N) is 1. The first-order chi connectivity index (χ1) is 14.3. The van der Waals surface area contributed by atoms with E-state index in [1.54, 1.807) is 36.4 Å². The van der Waals surface area contributed by atoms with E-state index in [0.29, 0.717) is 35.2 Å². The Morgan fingerprint density at radius 1 is 1.03 bits per heavy atom. The highest BCUT2D eigenvalue weighted by atomic mass is 19.4. The van der Waals surface area contributed by atoms with E-state index in [2.05, 4.69) is 15.3 Å². The minimum absolute atomic E-state index is 0.161. The Labute approximate surface area is 170 Å². The molecule has 1 unspecified atom stereocenters. The Hall–Kier alpha value is -3.26. The number of halogens is 4. The number of aromatic nitrogens is 1. The normalized spacial score (nSPS) is 18.0. The zero-order valence-corrected chi connectivity index (χ0v) is 15.7. The summed E-state index contributed by atoms with van der Waals surface area (Å²) in [6.45, 7) is 0. The van der Waals surface area contributed by atoms with Gasteiger partial charge in [-0.3, -0.25) is 4.98 Å². The van der Waals surface area contributed by atoms with Crippen LogP contribution < -0.4 is 11.1 Å². The van der Waals surface area contributed by atoms with E-state index in [-0.39, 0.29) is 11.5 Å². The molecule has 154 valence electrons. The van der Waals surface area contributed by atoms with E-state index in [4.69, 9.17) is 5.73 Å². The van der Waals surface area contributed by atoms with Gasteiger partial charge in [-0.05, 0) is 42.7 Å². The molecule has 0 spiro atoms. The van der Waals surface area contributed by atoms with Gasteiger partial charge in [0, 0.05) is 23.0 Å². The number of pyridine rings is 1. The largest absolute Gasteiger partial charge is 0.418 e. The number of anilines is 1. The van der Waals surface area contributed by atoms with E-state index < -0.39 is 17.4 Å². The van der Waals surface area contributed by atoms with Gasteiger partial charge in [-0.15, -0.1) is 0 Å². The third kappa shape index (κ3) is 3.78. The van der Waals surface area contributed by atoms with Crippen molar-refractivity contribution in [1.82, 2.24) is 4.98 Å². The molecule has 0 fully saturated rings. The second-order valence-corrected chi connectivity index (χ2v) is 7.08. The summed E-state index contributed by atoms with van der Waals surface area (Å²) in [6, 6.07) is 13.4. The number of fused-ring (bicyclic) bond motifs is 1. The number of hydrogen-bond acceptors (Lipinski definition) is 4. The molecule has 0 radical (unpaired) electrons. The summed E-state index contributed by atoms with van der Waals surface area (Å²) in [5.74, 6) is -0.315. The van der Waals surface area contributed by atoms with E-state index in [9.17, 15) is 17.6 Å². The number of aliphatic imine (C=N–C) groups is 1. The van der Waals surface area contributed by atoms with E-state index in [1.807, 2.05) is 0 Å². The highest BCUT2D eigenvalue weighted by Crippen LogP contribution is 2.39. The van der Waals surface area contributed by atoms with E-state index in [0.717, 1.165) is 6.07 Å². The fourth-order valence-corrected chi connectivity index (χ4v) is 3.56. The molecular weight excluding hydrogens is 396 g/mol. The minimum Gasteiger partial charge on any atom is -0.346 e. The zero-order valence-electron chi connectivity index (χ0n) is 15.7. The summed E-state index contributed by atoms with van der Waals surface area (Å²) in [6.07, 6.45) is -1.10. The number of aryl methyl sites for hydroxylation is 1. The molecule has 0 bridgehead atoms. The first-order valence-electron chi connectivity index (χ1n) is 9.27. The molecule has 0 saturated heterocycles. The molecular formula is C22H18F4N4. The molecule has 4 nitrogen and oxygen atoms in total.